The summed E-state index contributed by atoms with van der Waals surface area (Å²) in [4.78, 5) is 21.4. The van der Waals surface area contributed by atoms with Crippen molar-refractivity contribution >= 4 is 27.6 Å². The quantitative estimate of drug-likeness (QED) is 0.669. The van der Waals surface area contributed by atoms with Crippen molar-refractivity contribution in [2.75, 3.05) is 19.0 Å². The second-order valence-electron chi connectivity index (χ2n) is 4.08. The first-order chi connectivity index (χ1) is 9.76. The summed E-state index contributed by atoms with van der Waals surface area (Å²) in [6, 6.07) is 3.94. The van der Waals surface area contributed by atoms with Crippen LogP contribution in [0.15, 0.2) is 23.1 Å². The number of ether oxygens (including phenoxy) is 1. The van der Waals surface area contributed by atoms with Crippen LogP contribution in [-0.4, -0.2) is 39.1 Å². The predicted molar refractivity (Wildman–Crippen MR) is 74.7 cm³/mol. The molecule has 0 heterocycles. The molecule has 0 aromatic heterocycles. The summed E-state index contributed by atoms with van der Waals surface area (Å²) in [5.74, 6) is -1.16. The summed E-state index contributed by atoms with van der Waals surface area (Å²) in [5, 5.41) is 11.0. The lowest BCUT2D eigenvalue weighted by Crippen LogP contribution is -2.26. The van der Waals surface area contributed by atoms with Crippen LogP contribution >= 0.6 is 0 Å². The van der Waals surface area contributed by atoms with Gasteiger partial charge in [-0.3, -0.25) is 9.59 Å². The molecule has 9 heteroatoms. The number of carbonyl (C=O) groups excluding carboxylic acids is 1. The molecule has 0 radical (unpaired) electrons. The Labute approximate surface area is 122 Å². The number of benzene rings is 1. The molecule has 0 saturated heterocycles. The van der Waals surface area contributed by atoms with Crippen LogP contribution in [0.25, 0.3) is 0 Å². The van der Waals surface area contributed by atoms with E-state index < -0.39 is 16.0 Å². The van der Waals surface area contributed by atoms with Gasteiger partial charge in [-0.15, -0.1) is 0 Å². The van der Waals surface area contributed by atoms with Gasteiger partial charge in [0, 0.05) is 13.5 Å². The number of methoxy groups -OCH3 is 1. The molecule has 0 unspecified atom stereocenters. The van der Waals surface area contributed by atoms with E-state index in [-0.39, 0.29) is 29.5 Å². The molecule has 1 amide bonds. The molecule has 0 saturated carbocycles. The lowest BCUT2D eigenvalue weighted by atomic mass is 10.3. The molecule has 1 aromatic carbocycles. The predicted octanol–water partition coefficient (Wildman–Crippen LogP) is 0.407. The van der Waals surface area contributed by atoms with Gasteiger partial charge in [-0.1, -0.05) is 0 Å². The molecule has 0 aliphatic carbocycles. The van der Waals surface area contributed by atoms with E-state index in [2.05, 4.69) is 10.0 Å². The largest absolute Gasteiger partial charge is 0.495 e. The molecule has 0 fully saturated rings. The Morgan fingerprint density at radius 2 is 2.00 bits per heavy atom. The number of hydrogen-bond acceptors (Lipinski definition) is 5. The van der Waals surface area contributed by atoms with E-state index in [1.54, 1.807) is 0 Å². The Morgan fingerprint density at radius 1 is 1.33 bits per heavy atom. The van der Waals surface area contributed by atoms with E-state index in [0.29, 0.717) is 5.75 Å². The highest BCUT2D eigenvalue weighted by molar-refractivity contribution is 7.89. The molecule has 116 valence electrons. The van der Waals surface area contributed by atoms with E-state index in [1.807, 2.05) is 0 Å². The van der Waals surface area contributed by atoms with Gasteiger partial charge in [0.1, 0.15) is 5.75 Å². The van der Waals surface area contributed by atoms with Crippen molar-refractivity contribution in [2.24, 2.45) is 0 Å². The summed E-state index contributed by atoms with van der Waals surface area (Å²) in [5.41, 5.74) is 0.214. The Kier molecular flexibility index (Phi) is 5.68. The fourth-order valence-corrected chi connectivity index (χ4v) is 2.57. The average molecular weight is 316 g/mol. The molecular weight excluding hydrogens is 300 g/mol. The number of aliphatic carboxylic acids is 1. The van der Waals surface area contributed by atoms with Gasteiger partial charge >= 0.3 is 5.97 Å². The van der Waals surface area contributed by atoms with Crippen LogP contribution in [-0.2, 0) is 19.6 Å². The summed E-state index contributed by atoms with van der Waals surface area (Å²) in [6.07, 6.45) is -0.325. The first kappa shape index (κ1) is 16.9. The fourth-order valence-electron chi connectivity index (χ4n) is 1.52. The summed E-state index contributed by atoms with van der Waals surface area (Å²) >= 11 is 0. The lowest BCUT2D eigenvalue weighted by molar-refractivity contribution is -0.136. The van der Waals surface area contributed by atoms with Crippen molar-refractivity contribution in [1.29, 1.82) is 0 Å². The SMILES string of the molecule is COc1ccc(S(=O)(=O)NCCC(=O)O)cc1NC(C)=O. The van der Waals surface area contributed by atoms with E-state index >= 15 is 0 Å². The monoisotopic (exact) mass is 316 g/mol. The Bertz CT molecular complexity index is 641. The summed E-state index contributed by atoms with van der Waals surface area (Å²) in [6.45, 7) is 1.06. The van der Waals surface area contributed by atoms with Crippen LogP contribution in [0.2, 0.25) is 0 Å². The van der Waals surface area contributed by atoms with Crippen molar-refractivity contribution in [3.63, 3.8) is 0 Å². The van der Waals surface area contributed by atoms with Crippen LogP contribution in [0.5, 0.6) is 5.75 Å². The molecule has 0 atom stereocenters. The van der Waals surface area contributed by atoms with E-state index in [9.17, 15) is 18.0 Å². The number of nitrogens with one attached hydrogen (secondary N) is 2. The summed E-state index contributed by atoms with van der Waals surface area (Å²) < 4.78 is 31.2. The van der Waals surface area contributed by atoms with Gasteiger partial charge in [-0.05, 0) is 18.2 Å². The van der Waals surface area contributed by atoms with Gasteiger partial charge in [0.15, 0.2) is 0 Å². The number of carbonyl (C=O) groups is 2. The van der Waals surface area contributed by atoms with Gasteiger partial charge in [0.2, 0.25) is 15.9 Å². The topological polar surface area (TPSA) is 122 Å². The minimum atomic E-state index is -3.86. The zero-order chi connectivity index (χ0) is 16.0. The average Bonchev–Trinajstić information content (AvgIpc) is 2.37. The third kappa shape index (κ3) is 5.04. The van der Waals surface area contributed by atoms with Crippen molar-refractivity contribution in [3.8, 4) is 5.75 Å². The molecule has 21 heavy (non-hydrogen) atoms. The molecular formula is C12H16N2O6S. The number of carboxylic acid groups (broad SMARTS) is 1. The molecule has 8 nitrogen and oxygen atoms in total. The van der Waals surface area contributed by atoms with Crippen LogP contribution in [0.1, 0.15) is 13.3 Å². The minimum Gasteiger partial charge on any atom is -0.495 e. The highest BCUT2D eigenvalue weighted by Gasteiger charge is 2.17. The van der Waals surface area contributed by atoms with Crippen molar-refractivity contribution in [2.45, 2.75) is 18.2 Å². The Morgan fingerprint density at radius 3 is 2.52 bits per heavy atom. The molecule has 0 aliphatic heterocycles. The van der Waals surface area contributed by atoms with Gasteiger partial charge in [-0.2, -0.15) is 0 Å². The highest BCUT2D eigenvalue weighted by atomic mass is 32.2. The van der Waals surface area contributed by atoms with Gasteiger partial charge in [0.25, 0.3) is 0 Å². The van der Waals surface area contributed by atoms with Crippen molar-refractivity contribution in [1.82, 2.24) is 4.72 Å². The van der Waals surface area contributed by atoms with Crippen LogP contribution < -0.4 is 14.8 Å². The Balaban J connectivity index is 3.01. The van der Waals surface area contributed by atoms with Crippen LogP contribution in [0.3, 0.4) is 0 Å². The highest BCUT2D eigenvalue weighted by Crippen LogP contribution is 2.27. The van der Waals surface area contributed by atoms with E-state index in [1.165, 1.54) is 32.2 Å². The van der Waals surface area contributed by atoms with Gasteiger partial charge < -0.3 is 15.2 Å². The molecule has 0 spiro atoms. The Hall–Kier alpha value is -2.13. The zero-order valence-corrected chi connectivity index (χ0v) is 12.4. The standard InChI is InChI=1S/C12H16N2O6S/c1-8(15)14-10-7-9(3-4-11(10)20-2)21(18,19)13-6-5-12(16)17/h3-4,7,13H,5-6H2,1-2H3,(H,14,15)(H,16,17). The van der Waals surface area contributed by atoms with Gasteiger partial charge in [0.05, 0.1) is 24.1 Å². The molecule has 1 aromatic rings. The number of rotatable bonds is 7. The molecule has 0 aliphatic rings. The smallest absolute Gasteiger partial charge is 0.304 e. The van der Waals surface area contributed by atoms with Crippen LogP contribution in [0.4, 0.5) is 5.69 Å². The molecule has 0 bridgehead atoms. The number of sulfonamides is 1. The second kappa shape index (κ2) is 7.04. The van der Waals surface area contributed by atoms with E-state index in [4.69, 9.17) is 9.84 Å². The fraction of sp³-hybridized carbons (Fsp3) is 0.333. The second-order valence-corrected chi connectivity index (χ2v) is 5.85. The number of amides is 1. The zero-order valence-electron chi connectivity index (χ0n) is 11.5. The minimum absolute atomic E-state index is 0.0996. The van der Waals surface area contributed by atoms with E-state index in [0.717, 1.165) is 0 Å². The van der Waals surface area contributed by atoms with Crippen molar-refractivity contribution in [3.05, 3.63) is 18.2 Å². The first-order valence-electron chi connectivity index (χ1n) is 5.93. The van der Waals surface area contributed by atoms with Gasteiger partial charge in [-0.25, -0.2) is 13.1 Å². The number of hydrogen-bond donors (Lipinski definition) is 3. The number of carboxylic acids is 1. The molecule has 1 rings (SSSR count). The third-order valence-electron chi connectivity index (χ3n) is 2.42. The lowest BCUT2D eigenvalue weighted by Gasteiger charge is -2.11. The third-order valence-corrected chi connectivity index (χ3v) is 3.88. The normalized spacial score (nSPS) is 11.0. The summed E-state index contributed by atoms with van der Waals surface area (Å²) in [7, 11) is -2.47. The molecule has 3 N–H and O–H groups in total. The first-order valence-corrected chi connectivity index (χ1v) is 7.41. The van der Waals surface area contributed by atoms with Crippen LogP contribution in [0, 0.1) is 0 Å². The maximum atomic E-state index is 12.0. The van der Waals surface area contributed by atoms with Crippen molar-refractivity contribution < 1.29 is 27.9 Å². The maximum absolute atomic E-state index is 12.0. The number of anilines is 1. The maximum Gasteiger partial charge on any atom is 0.304 e.